The molecule has 0 spiro atoms. The second kappa shape index (κ2) is 20.1. The Balaban J connectivity index is -0.000000313. The fourth-order valence-electron chi connectivity index (χ4n) is 1.27. The number of aliphatic hydroxyl groups is 1. The predicted octanol–water partition coefficient (Wildman–Crippen LogP) is 2.82. The summed E-state index contributed by atoms with van der Waals surface area (Å²) in [7, 11) is 2.18. The fourth-order valence-corrected chi connectivity index (χ4v) is 1.39. The molecule has 0 saturated carbocycles. The van der Waals surface area contributed by atoms with Crippen LogP contribution >= 0.6 is 9.24 Å². The summed E-state index contributed by atoms with van der Waals surface area (Å²) in [6, 6.07) is 0. The third-order valence-corrected chi connectivity index (χ3v) is 2.16. The first-order valence-corrected chi connectivity index (χ1v) is 8.23. The third kappa shape index (κ3) is 17.8. The molecule has 0 aromatic rings. The van der Waals surface area contributed by atoms with Crippen molar-refractivity contribution >= 4 is 15.1 Å². The molecular weight excluding hydrogens is 259 g/mol. The van der Waals surface area contributed by atoms with Crippen molar-refractivity contribution in [2.45, 2.75) is 66.8 Å². The molecule has 0 bridgehead atoms. The molecule has 5 heteroatoms. The van der Waals surface area contributed by atoms with Crippen LogP contribution in [0.5, 0.6) is 0 Å². The van der Waals surface area contributed by atoms with Crippen molar-refractivity contribution in [3.05, 3.63) is 0 Å². The molecule has 2 N–H and O–H groups in total. The Morgan fingerprint density at radius 2 is 1.58 bits per heavy atom. The molecule has 4 nitrogen and oxygen atoms in total. The van der Waals surface area contributed by atoms with E-state index in [4.69, 9.17) is 5.11 Å². The lowest BCUT2D eigenvalue weighted by Gasteiger charge is -2.16. The maximum Gasteiger partial charge on any atom is 0.236 e. The van der Waals surface area contributed by atoms with Crippen LogP contribution in [0, 0.1) is 0 Å². The van der Waals surface area contributed by atoms with E-state index in [1.165, 1.54) is 6.42 Å². The van der Waals surface area contributed by atoms with E-state index < -0.39 is 5.97 Å². The van der Waals surface area contributed by atoms with Crippen molar-refractivity contribution in [3.63, 3.8) is 0 Å². The minimum absolute atomic E-state index is 0.0778. The van der Waals surface area contributed by atoms with Crippen LogP contribution < -0.4 is 5.32 Å². The number of aliphatic hydroxyl groups excluding tert-OH is 1. The molecule has 1 aliphatic rings. The van der Waals surface area contributed by atoms with Gasteiger partial charge in [-0.05, 0) is 12.8 Å². The van der Waals surface area contributed by atoms with Gasteiger partial charge in [0, 0.05) is 13.1 Å². The summed E-state index contributed by atoms with van der Waals surface area (Å²) >= 11 is 0. The highest BCUT2D eigenvalue weighted by Crippen LogP contribution is 2.06. The molecule has 2 unspecified atom stereocenters. The van der Waals surface area contributed by atoms with E-state index in [1.54, 1.807) is 0 Å². The Morgan fingerprint density at radius 3 is 1.89 bits per heavy atom. The number of hydrogen-bond acceptors (Lipinski definition) is 3. The van der Waals surface area contributed by atoms with Gasteiger partial charge >= 0.3 is 0 Å². The van der Waals surface area contributed by atoms with E-state index in [9.17, 15) is 4.79 Å². The van der Waals surface area contributed by atoms with Crippen molar-refractivity contribution in [2.75, 3.05) is 19.6 Å². The number of carbonyl (C=O) groups excluding carboxylic acids is 1. The lowest BCUT2D eigenvalue weighted by Crippen LogP contribution is -2.38. The summed E-state index contributed by atoms with van der Waals surface area (Å²) in [5.74, 6) is -0.606. The minimum atomic E-state index is -0.684. The summed E-state index contributed by atoms with van der Waals surface area (Å²) in [5.41, 5.74) is 0. The number of carbonyl (C=O) groups is 1. The second-order valence-electron chi connectivity index (χ2n) is 3.62. The average molecular weight is 294 g/mol. The standard InChI is InChI=1S/C7H15N2O2P.C3H8.2C2H6/c10-6(5-8-7(11)12)9-3-1-2-4-9;1-3-2;2*1-2/h7-8,11H,1-5,12H2;3H2,1-2H3;2*1-2H3. The first-order valence-electron chi connectivity index (χ1n) is 7.56. The number of hydrogen-bond donors (Lipinski definition) is 2. The first-order chi connectivity index (χ1) is 9.11. The van der Waals surface area contributed by atoms with E-state index in [-0.39, 0.29) is 12.5 Å². The molecule has 0 radical (unpaired) electrons. The van der Waals surface area contributed by atoms with Gasteiger partial charge in [0.2, 0.25) is 5.91 Å². The molecule has 1 saturated heterocycles. The molecule has 1 rings (SSSR count). The Bertz CT molecular complexity index is 173. The highest BCUT2D eigenvalue weighted by atomic mass is 31.0. The predicted molar refractivity (Wildman–Crippen MR) is 88.2 cm³/mol. The molecule has 2 atom stereocenters. The van der Waals surface area contributed by atoms with Crippen LogP contribution in [0.2, 0.25) is 0 Å². The van der Waals surface area contributed by atoms with E-state index in [0.717, 1.165) is 25.9 Å². The summed E-state index contributed by atoms with van der Waals surface area (Å²) < 4.78 is 0. The molecule has 1 fully saturated rings. The molecule has 118 valence electrons. The van der Waals surface area contributed by atoms with Gasteiger partial charge in [-0.3, -0.25) is 10.1 Å². The van der Waals surface area contributed by atoms with Crippen molar-refractivity contribution < 1.29 is 9.90 Å². The number of nitrogens with zero attached hydrogens (tertiary/aromatic N) is 1. The van der Waals surface area contributed by atoms with E-state index in [1.807, 2.05) is 32.6 Å². The Kier molecular flexibility index (Phi) is 25.3. The maximum atomic E-state index is 11.3. The maximum absolute atomic E-state index is 11.3. The zero-order valence-corrected chi connectivity index (χ0v) is 14.9. The van der Waals surface area contributed by atoms with Gasteiger partial charge in [0.15, 0.2) is 0 Å². The van der Waals surface area contributed by atoms with Crippen LogP contribution in [0.4, 0.5) is 0 Å². The quantitative estimate of drug-likeness (QED) is 0.621. The second-order valence-corrected chi connectivity index (χ2v) is 4.25. The van der Waals surface area contributed by atoms with Gasteiger partial charge < -0.3 is 10.0 Å². The van der Waals surface area contributed by atoms with Gasteiger partial charge in [0.25, 0.3) is 0 Å². The highest BCUT2D eigenvalue weighted by molar-refractivity contribution is 7.17. The van der Waals surface area contributed by atoms with Gasteiger partial charge in [-0.1, -0.05) is 57.2 Å². The molecule has 1 heterocycles. The van der Waals surface area contributed by atoms with Gasteiger partial charge in [0.1, 0.15) is 5.97 Å². The van der Waals surface area contributed by atoms with Crippen molar-refractivity contribution in [1.29, 1.82) is 0 Å². The number of nitrogens with one attached hydrogen (secondary N) is 1. The van der Waals surface area contributed by atoms with Crippen molar-refractivity contribution in [1.82, 2.24) is 10.2 Å². The molecule has 1 amide bonds. The molecule has 0 aromatic heterocycles. The fraction of sp³-hybridized carbons (Fsp3) is 0.929. The largest absolute Gasteiger partial charge is 0.375 e. The van der Waals surface area contributed by atoms with Gasteiger partial charge in [-0.15, -0.1) is 0 Å². The molecule has 19 heavy (non-hydrogen) atoms. The van der Waals surface area contributed by atoms with Crippen LogP contribution in [-0.2, 0) is 4.79 Å². The monoisotopic (exact) mass is 294 g/mol. The molecule has 0 aromatic carbocycles. The van der Waals surface area contributed by atoms with Crippen LogP contribution in [-0.4, -0.2) is 41.5 Å². The SMILES string of the molecule is CC.CC.CCC.O=C(CNC(O)P)N1CCCC1. The summed E-state index contributed by atoms with van der Waals surface area (Å²) in [6.45, 7) is 14.2. The number of amides is 1. The zero-order chi connectivity index (χ0) is 15.7. The average Bonchev–Trinajstić information content (AvgIpc) is 2.95. The Morgan fingerprint density at radius 1 is 1.21 bits per heavy atom. The summed E-state index contributed by atoms with van der Waals surface area (Å²) in [6.07, 6.45) is 3.46. The topological polar surface area (TPSA) is 52.6 Å². The minimum Gasteiger partial charge on any atom is -0.375 e. The van der Waals surface area contributed by atoms with E-state index in [0.29, 0.717) is 0 Å². The Hall–Kier alpha value is -0.180. The van der Waals surface area contributed by atoms with Gasteiger partial charge in [0.05, 0.1) is 6.54 Å². The van der Waals surface area contributed by atoms with Crippen LogP contribution in [0.25, 0.3) is 0 Å². The van der Waals surface area contributed by atoms with Crippen LogP contribution in [0.15, 0.2) is 0 Å². The smallest absolute Gasteiger partial charge is 0.236 e. The van der Waals surface area contributed by atoms with Crippen molar-refractivity contribution in [3.8, 4) is 0 Å². The molecule has 0 aliphatic carbocycles. The summed E-state index contributed by atoms with van der Waals surface area (Å²) in [5, 5.41) is 11.5. The summed E-state index contributed by atoms with van der Waals surface area (Å²) in [4.78, 5) is 13.1. The lowest BCUT2D eigenvalue weighted by atomic mass is 10.4. The number of likely N-dealkylation sites (tertiary alicyclic amines) is 1. The van der Waals surface area contributed by atoms with E-state index >= 15 is 0 Å². The highest BCUT2D eigenvalue weighted by Gasteiger charge is 2.17. The third-order valence-electron chi connectivity index (χ3n) is 1.92. The lowest BCUT2D eigenvalue weighted by molar-refractivity contribution is -0.129. The van der Waals surface area contributed by atoms with E-state index in [2.05, 4.69) is 28.4 Å². The molecule has 1 aliphatic heterocycles. The molecular formula is C14H35N2O2P. The zero-order valence-electron chi connectivity index (χ0n) is 13.7. The normalized spacial score (nSPS) is 14.0. The van der Waals surface area contributed by atoms with Gasteiger partial charge in [-0.2, -0.15) is 0 Å². The first kappa shape index (κ1) is 23.9. The Labute approximate surface area is 122 Å². The van der Waals surface area contributed by atoms with Crippen molar-refractivity contribution in [2.24, 2.45) is 0 Å². The number of rotatable bonds is 3. The van der Waals surface area contributed by atoms with Crippen LogP contribution in [0.1, 0.15) is 60.8 Å². The van der Waals surface area contributed by atoms with Gasteiger partial charge in [-0.25, -0.2) is 0 Å². The van der Waals surface area contributed by atoms with Crippen LogP contribution in [0.3, 0.4) is 0 Å².